The normalized spacial score (nSPS) is 9.31. The SMILES string of the molecule is CNc1cccc2ccccc12.[Zr]. The van der Waals surface area contributed by atoms with Crippen LogP contribution in [0.15, 0.2) is 42.5 Å². The van der Waals surface area contributed by atoms with E-state index in [9.17, 15) is 0 Å². The van der Waals surface area contributed by atoms with Crippen LogP contribution in [-0.4, -0.2) is 7.05 Å². The third-order valence-corrected chi connectivity index (χ3v) is 2.06. The minimum Gasteiger partial charge on any atom is -0.388 e. The van der Waals surface area contributed by atoms with Crippen LogP contribution in [0.25, 0.3) is 10.8 Å². The van der Waals surface area contributed by atoms with Gasteiger partial charge < -0.3 is 5.32 Å². The van der Waals surface area contributed by atoms with Gasteiger partial charge in [0.25, 0.3) is 0 Å². The van der Waals surface area contributed by atoms with Crippen LogP contribution in [0.5, 0.6) is 0 Å². The van der Waals surface area contributed by atoms with Crippen molar-refractivity contribution < 1.29 is 26.2 Å². The molecule has 0 radical (unpaired) electrons. The van der Waals surface area contributed by atoms with Crippen molar-refractivity contribution in [3.63, 3.8) is 0 Å². The second-order valence-corrected chi connectivity index (χ2v) is 2.78. The van der Waals surface area contributed by atoms with E-state index in [-0.39, 0.29) is 26.2 Å². The maximum Gasteiger partial charge on any atom is 0.0417 e. The Labute approximate surface area is 97.3 Å². The van der Waals surface area contributed by atoms with Crippen molar-refractivity contribution in [1.29, 1.82) is 0 Å². The van der Waals surface area contributed by atoms with E-state index in [1.807, 2.05) is 7.05 Å². The number of hydrogen-bond acceptors (Lipinski definition) is 1. The van der Waals surface area contributed by atoms with E-state index >= 15 is 0 Å². The molecule has 13 heavy (non-hydrogen) atoms. The van der Waals surface area contributed by atoms with Crippen LogP contribution in [0.2, 0.25) is 0 Å². The number of rotatable bonds is 1. The summed E-state index contributed by atoms with van der Waals surface area (Å²) in [5, 5.41) is 5.73. The molecule has 2 aromatic rings. The summed E-state index contributed by atoms with van der Waals surface area (Å²) in [4.78, 5) is 0. The van der Waals surface area contributed by atoms with Crippen molar-refractivity contribution in [2.45, 2.75) is 0 Å². The van der Waals surface area contributed by atoms with Gasteiger partial charge in [-0.2, -0.15) is 0 Å². The first-order valence-corrected chi connectivity index (χ1v) is 4.07. The molecule has 64 valence electrons. The Morgan fingerprint density at radius 2 is 1.62 bits per heavy atom. The number of benzene rings is 2. The summed E-state index contributed by atoms with van der Waals surface area (Å²) in [6.07, 6.45) is 0. The molecule has 0 fully saturated rings. The molecule has 1 nitrogen and oxygen atoms in total. The Hall–Kier alpha value is -0.617. The molecular weight excluding hydrogens is 237 g/mol. The molecule has 0 aliphatic rings. The number of hydrogen-bond donors (Lipinski definition) is 1. The molecule has 0 aliphatic heterocycles. The first-order valence-electron chi connectivity index (χ1n) is 4.07. The Bertz CT molecular complexity index is 393. The molecule has 0 spiro atoms. The Balaban J connectivity index is 0.000000845. The second kappa shape index (κ2) is 4.57. The van der Waals surface area contributed by atoms with Crippen LogP contribution in [0.1, 0.15) is 0 Å². The van der Waals surface area contributed by atoms with E-state index in [2.05, 4.69) is 47.8 Å². The van der Waals surface area contributed by atoms with Crippen LogP contribution < -0.4 is 5.32 Å². The van der Waals surface area contributed by atoms with E-state index in [4.69, 9.17) is 0 Å². The zero-order valence-corrected chi connectivity index (χ0v) is 10.00. The summed E-state index contributed by atoms with van der Waals surface area (Å²) < 4.78 is 0. The summed E-state index contributed by atoms with van der Waals surface area (Å²) in [7, 11) is 1.95. The molecule has 2 rings (SSSR count). The quantitative estimate of drug-likeness (QED) is 0.818. The topological polar surface area (TPSA) is 12.0 Å². The number of fused-ring (bicyclic) bond motifs is 1. The van der Waals surface area contributed by atoms with Gasteiger partial charge in [-0.1, -0.05) is 36.4 Å². The molecule has 1 N–H and O–H groups in total. The zero-order chi connectivity index (χ0) is 8.39. The van der Waals surface area contributed by atoms with Gasteiger partial charge in [0, 0.05) is 44.3 Å². The van der Waals surface area contributed by atoms with Crippen molar-refractivity contribution in [1.82, 2.24) is 0 Å². The van der Waals surface area contributed by atoms with Gasteiger partial charge in [0.15, 0.2) is 0 Å². The molecule has 0 aromatic heterocycles. The van der Waals surface area contributed by atoms with E-state index in [0.29, 0.717) is 0 Å². The van der Waals surface area contributed by atoms with Gasteiger partial charge in [-0.05, 0) is 11.5 Å². The Morgan fingerprint density at radius 1 is 0.923 bits per heavy atom. The van der Waals surface area contributed by atoms with E-state index < -0.39 is 0 Å². The Kier molecular flexibility index (Phi) is 3.68. The predicted molar refractivity (Wildman–Crippen MR) is 53.5 cm³/mol. The fourth-order valence-electron chi connectivity index (χ4n) is 1.44. The summed E-state index contributed by atoms with van der Waals surface area (Å²) in [5.41, 5.74) is 1.19. The second-order valence-electron chi connectivity index (χ2n) is 2.78. The molecule has 2 aromatic carbocycles. The third kappa shape index (κ3) is 2.00. The van der Waals surface area contributed by atoms with Gasteiger partial charge in [-0.25, -0.2) is 0 Å². The van der Waals surface area contributed by atoms with E-state index in [0.717, 1.165) is 0 Å². The van der Waals surface area contributed by atoms with Gasteiger partial charge in [0.2, 0.25) is 0 Å². The van der Waals surface area contributed by atoms with Gasteiger partial charge in [0.05, 0.1) is 0 Å². The predicted octanol–water partition coefficient (Wildman–Crippen LogP) is 2.88. The fraction of sp³-hybridized carbons (Fsp3) is 0.0909. The van der Waals surface area contributed by atoms with Crippen molar-refractivity contribution in [3.8, 4) is 0 Å². The van der Waals surface area contributed by atoms with Crippen molar-refractivity contribution in [3.05, 3.63) is 42.5 Å². The largest absolute Gasteiger partial charge is 0.388 e. The van der Waals surface area contributed by atoms with Crippen molar-refractivity contribution in [2.75, 3.05) is 12.4 Å². The number of nitrogens with one attached hydrogen (secondary N) is 1. The molecule has 0 aliphatic carbocycles. The van der Waals surface area contributed by atoms with Gasteiger partial charge in [0.1, 0.15) is 0 Å². The monoisotopic (exact) mass is 247 g/mol. The molecule has 0 bridgehead atoms. The Morgan fingerprint density at radius 3 is 2.38 bits per heavy atom. The average Bonchev–Trinajstić information content (AvgIpc) is 2.17. The summed E-state index contributed by atoms with van der Waals surface area (Å²) in [6.45, 7) is 0. The summed E-state index contributed by atoms with van der Waals surface area (Å²) >= 11 is 0. The smallest absolute Gasteiger partial charge is 0.0417 e. The molecule has 0 saturated carbocycles. The maximum absolute atomic E-state index is 3.17. The van der Waals surface area contributed by atoms with Crippen molar-refractivity contribution >= 4 is 16.5 Å². The van der Waals surface area contributed by atoms with Crippen LogP contribution in [0.4, 0.5) is 5.69 Å². The van der Waals surface area contributed by atoms with Crippen LogP contribution in [0.3, 0.4) is 0 Å². The molecule has 2 heteroatoms. The molecule has 0 unspecified atom stereocenters. The molecular formula is C11H11NZr. The molecule has 0 amide bonds. The average molecular weight is 248 g/mol. The van der Waals surface area contributed by atoms with Crippen molar-refractivity contribution in [2.24, 2.45) is 0 Å². The fourth-order valence-corrected chi connectivity index (χ4v) is 1.44. The first-order chi connectivity index (χ1) is 5.92. The standard InChI is InChI=1S/C11H11N.Zr/c1-12-11-8-4-6-9-5-2-3-7-10(9)11;/h2-8,12H,1H3;. The summed E-state index contributed by atoms with van der Waals surface area (Å²) in [5.74, 6) is 0. The van der Waals surface area contributed by atoms with Gasteiger partial charge in [-0.15, -0.1) is 0 Å². The van der Waals surface area contributed by atoms with Crippen LogP contribution in [0, 0.1) is 0 Å². The van der Waals surface area contributed by atoms with Gasteiger partial charge in [-0.3, -0.25) is 0 Å². The minimum absolute atomic E-state index is 0. The third-order valence-electron chi connectivity index (χ3n) is 2.06. The zero-order valence-electron chi connectivity index (χ0n) is 7.54. The van der Waals surface area contributed by atoms with Crippen LogP contribution >= 0.6 is 0 Å². The minimum atomic E-state index is 0. The van der Waals surface area contributed by atoms with E-state index in [1.165, 1.54) is 16.5 Å². The van der Waals surface area contributed by atoms with Gasteiger partial charge >= 0.3 is 0 Å². The molecule has 0 atom stereocenters. The first kappa shape index (κ1) is 10.5. The van der Waals surface area contributed by atoms with E-state index in [1.54, 1.807) is 0 Å². The molecule has 0 saturated heterocycles. The maximum atomic E-state index is 3.17. The van der Waals surface area contributed by atoms with Crippen LogP contribution in [-0.2, 0) is 26.2 Å². The molecule has 0 heterocycles. The summed E-state index contributed by atoms with van der Waals surface area (Å²) in [6, 6.07) is 14.6. The number of anilines is 1.